The summed E-state index contributed by atoms with van der Waals surface area (Å²) in [6.45, 7) is 8.89. The van der Waals surface area contributed by atoms with Crippen molar-refractivity contribution in [1.82, 2.24) is 0 Å². The minimum atomic E-state index is -0.334. The summed E-state index contributed by atoms with van der Waals surface area (Å²) in [5, 5.41) is 10.7. The molecule has 2 aliphatic carbocycles. The number of hydrogen-bond donors (Lipinski definition) is 1. The lowest BCUT2D eigenvalue weighted by Gasteiger charge is -2.33. The van der Waals surface area contributed by atoms with Crippen molar-refractivity contribution in [2.45, 2.75) is 46.1 Å². The molecule has 76 valence electrons. The third-order valence-corrected chi connectivity index (χ3v) is 4.33. The zero-order valence-corrected chi connectivity index (χ0v) is 9.25. The first-order valence-corrected chi connectivity index (χ1v) is 5.70. The molecule has 0 aromatic rings. The molecule has 1 heteroatoms. The van der Waals surface area contributed by atoms with E-state index in [1.807, 2.05) is 0 Å². The first-order valence-electron chi connectivity index (χ1n) is 5.70. The van der Waals surface area contributed by atoms with Crippen LogP contribution in [0.2, 0.25) is 0 Å². The Morgan fingerprint density at radius 2 is 1.38 bits per heavy atom. The Kier molecular flexibility index (Phi) is 1.99. The minimum absolute atomic E-state index is 0.334. The second-order valence-corrected chi connectivity index (χ2v) is 5.68. The van der Waals surface area contributed by atoms with Gasteiger partial charge in [-0.3, -0.25) is 0 Å². The van der Waals surface area contributed by atoms with Crippen LogP contribution in [-0.2, 0) is 0 Å². The average Bonchev–Trinajstić information content (AvgIpc) is 2.89. The predicted molar refractivity (Wildman–Crippen MR) is 54.3 cm³/mol. The third-order valence-electron chi connectivity index (χ3n) is 4.33. The highest BCUT2D eigenvalue weighted by molar-refractivity contribution is 5.10. The van der Waals surface area contributed by atoms with E-state index in [0.29, 0.717) is 17.8 Å². The monoisotopic (exact) mass is 182 g/mol. The van der Waals surface area contributed by atoms with Crippen LogP contribution in [0.4, 0.5) is 0 Å². The van der Waals surface area contributed by atoms with Crippen molar-refractivity contribution in [1.29, 1.82) is 0 Å². The molecule has 0 bridgehead atoms. The molecule has 0 aliphatic heterocycles. The van der Waals surface area contributed by atoms with Crippen LogP contribution in [0, 0.1) is 29.6 Å². The molecule has 2 aliphatic rings. The van der Waals surface area contributed by atoms with Crippen LogP contribution in [0.3, 0.4) is 0 Å². The lowest BCUT2D eigenvalue weighted by atomic mass is 9.79. The Hall–Kier alpha value is -0.0400. The maximum atomic E-state index is 10.7. The summed E-state index contributed by atoms with van der Waals surface area (Å²) in [6, 6.07) is 0. The molecular formula is C12H22O. The Morgan fingerprint density at radius 3 is 1.54 bits per heavy atom. The molecular weight excluding hydrogens is 160 g/mol. The Morgan fingerprint density at radius 1 is 1.08 bits per heavy atom. The van der Waals surface area contributed by atoms with Crippen molar-refractivity contribution in [3.63, 3.8) is 0 Å². The van der Waals surface area contributed by atoms with Gasteiger partial charge in [0.1, 0.15) is 0 Å². The summed E-state index contributed by atoms with van der Waals surface area (Å²) in [5.74, 6) is 3.16. The molecule has 13 heavy (non-hydrogen) atoms. The van der Waals surface area contributed by atoms with E-state index >= 15 is 0 Å². The van der Waals surface area contributed by atoms with E-state index in [4.69, 9.17) is 0 Å². The van der Waals surface area contributed by atoms with Gasteiger partial charge in [-0.1, -0.05) is 27.7 Å². The maximum absolute atomic E-state index is 10.7. The average molecular weight is 182 g/mol. The van der Waals surface area contributed by atoms with E-state index in [1.54, 1.807) is 0 Å². The van der Waals surface area contributed by atoms with Gasteiger partial charge in [0.05, 0.1) is 5.60 Å². The maximum Gasteiger partial charge on any atom is 0.0731 e. The summed E-state index contributed by atoms with van der Waals surface area (Å²) >= 11 is 0. The predicted octanol–water partition coefficient (Wildman–Crippen LogP) is 2.69. The molecule has 1 N–H and O–H groups in total. The minimum Gasteiger partial charge on any atom is -0.389 e. The fourth-order valence-corrected chi connectivity index (χ4v) is 3.06. The zero-order valence-electron chi connectivity index (χ0n) is 9.25. The second kappa shape index (κ2) is 2.73. The van der Waals surface area contributed by atoms with Gasteiger partial charge in [0, 0.05) is 0 Å². The Balaban J connectivity index is 2.11. The van der Waals surface area contributed by atoms with Gasteiger partial charge in [-0.25, -0.2) is 0 Å². The van der Waals surface area contributed by atoms with Gasteiger partial charge in [-0.05, 0) is 42.4 Å². The highest BCUT2D eigenvalue weighted by atomic mass is 16.3. The fourth-order valence-electron chi connectivity index (χ4n) is 3.06. The molecule has 1 nitrogen and oxygen atoms in total. The molecule has 0 amide bonds. The lowest BCUT2D eigenvalue weighted by Crippen LogP contribution is -2.41. The van der Waals surface area contributed by atoms with Crippen molar-refractivity contribution in [2.75, 3.05) is 0 Å². The first-order chi connectivity index (χ1) is 5.98. The van der Waals surface area contributed by atoms with E-state index in [1.165, 1.54) is 12.8 Å². The molecule has 2 saturated carbocycles. The zero-order chi connectivity index (χ0) is 9.80. The summed E-state index contributed by atoms with van der Waals surface area (Å²) < 4.78 is 0. The van der Waals surface area contributed by atoms with Crippen molar-refractivity contribution in [3.05, 3.63) is 0 Å². The van der Waals surface area contributed by atoms with E-state index < -0.39 is 0 Å². The van der Waals surface area contributed by atoms with Gasteiger partial charge < -0.3 is 5.11 Å². The summed E-state index contributed by atoms with van der Waals surface area (Å²) in [7, 11) is 0. The molecule has 0 heterocycles. The van der Waals surface area contributed by atoms with Crippen molar-refractivity contribution in [2.24, 2.45) is 29.6 Å². The number of hydrogen-bond acceptors (Lipinski definition) is 1. The lowest BCUT2D eigenvalue weighted by molar-refractivity contribution is -0.0544. The van der Waals surface area contributed by atoms with Gasteiger partial charge in [0.25, 0.3) is 0 Å². The van der Waals surface area contributed by atoms with Crippen LogP contribution in [0.15, 0.2) is 0 Å². The van der Waals surface area contributed by atoms with E-state index in [0.717, 1.165) is 11.8 Å². The molecule has 0 aromatic carbocycles. The van der Waals surface area contributed by atoms with E-state index in [9.17, 15) is 5.11 Å². The molecule has 2 fully saturated rings. The number of rotatable bonds is 3. The second-order valence-electron chi connectivity index (χ2n) is 5.68. The van der Waals surface area contributed by atoms with Crippen molar-refractivity contribution in [3.8, 4) is 0 Å². The van der Waals surface area contributed by atoms with E-state index in [-0.39, 0.29) is 5.60 Å². The normalized spacial score (nSPS) is 47.5. The molecule has 5 atom stereocenters. The Bertz CT molecular complexity index is 193. The summed E-state index contributed by atoms with van der Waals surface area (Å²) in [5.41, 5.74) is -0.334. The SMILES string of the molecule is CC(C)C(O)([C@@H]1C[C@H]1C)[C@@H]1C[C@@H]1C. The molecule has 0 saturated heterocycles. The van der Waals surface area contributed by atoms with Gasteiger partial charge in [0.15, 0.2) is 0 Å². The van der Waals surface area contributed by atoms with Crippen molar-refractivity contribution < 1.29 is 5.11 Å². The van der Waals surface area contributed by atoms with Crippen LogP contribution in [0.5, 0.6) is 0 Å². The van der Waals surface area contributed by atoms with Crippen LogP contribution < -0.4 is 0 Å². The summed E-state index contributed by atoms with van der Waals surface area (Å²) in [6.07, 6.45) is 2.50. The van der Waals surface area contributed by atoms with Crippen LogP contribution in [-0.4, -0.2) is 10.7 Å². The highest BCUT2D eigenvalue weighted by Crippen LogP contribution is 2.60. The molecule has 2 rings (SSSR count). The van der Waals surface area contributed by atoms with Gasteiger partial charge >= 0.3 is 0 Å². The fraction of sp³-hybridized carbons (Fsp3) is 1.00. The summed E-state index contributed by atoms with van der Waals surface area (Å²) in [4.78, 5) is 0. The molecule has 0 spiro atoms. The largest absolute Gasteiger partial charge is 0.389 e. The quantitative estimate of drug-likeness (QED) is 0.711. The third kappa shape index (κ3) is 1.32. The molecule has 1 unspecified atom stereocenters. The molecule has 0 aromatic heterocycles. The van der Waals surface area contributed by atoms with Crippen molar-refractivity contribution >= 4 is 0 Å². The van der Waals surface area contributed by atoms with Gasteiger partial charge in [-0.2, -0.15) is 0 Å². The van der Waals surface area contributed by atoms with E-state index in [2.05, 4.69) is 27.7 Å². The van der Waals surface area contributed by atoms with Crippen LogP contribution in [0.1, 0.15) is 40.5 Å². The van der Waals surface area contributed by atoms with Crippen LogP contribution >= 0.6 is 0 Å². The Labute approximate surface area is 81.5 Å². The highest BCUT2D eigenvalue weighted by Gasteiger charge is 2.60. The topological polar surface area (TPSA) is 20.2 Å². The van der Waals surface area contributed by atoms with Crippen LogP contribution in [0.25, 0.3) is 0 Å². The number of aliphatic hydroxyl groups is 1. The smallest absolute Gasteiger partial charge is 0.0731 e. The van der Waals surface area contributed by atoms with Gasteiger partial charge in [-0.15, -0.1) is 0 Å². The molecule has 0 radical (unpaired) electrons. The standard InChI is InChI=1S/C12H22O/c1-7(2)12(13,10-5-8(10)3)11-6-9(11)4/h7-11,13H,5-6H2,1-4H3/t8-,9+,10-,11-,12?/m1/s1. The van der Waals surface area contributed by atoms with Gasteiger partial charge in [0.2, 0.25) is 0 Å². The first kappa shape index (κ1) is 9.51.